The van der Waals surface area contributed by atoms with Crippen LogP contribution in [-0.4, -0.2) is 66.4 Å². The Kier molecular flexibility index (Phi) is 6.32. The van der Waals surface area contributed by atoms with Crippen LogP contribution in [0, 0.1) is 0 Å². The van der Waals surface area contributed by atoms with E-state index in [1.54, 1.807) is 0 Å². The van der Waals surface area contributed by atoms with Crippen molar-refractivity contribution in [3.63, 3.8) is 0 Å². The van der Waals surface area contributed by atoms with E-state index in [2.05, 4.69) is 11.8 Å². The third kappa shape index (κ3) is 5.64. The maximum atomic E-state index is 12.2. The van der Waals surface area contributed by atoms with Crippen molar-refractivity contribution in [3.8, 4) is 0 Å². The topological polar surface area (TPSA) is 42.0 Å². The van der Waals surface area contributed by atoms with Gasteiger partial charge in [-0.25, -0.2) is 4.79 Å². The fourth-order valence-corrected chi connectivity index (χ4v) is 3.42. The van der Waals surface area contributed by atoms with E-state index in [9.17, 15) is 4.79 Å². The Hall–Kier alpha value is -0.810. The normalized spacial score (nSPS) is 22.3. The Balaban J connectivity index is 1.75. The Morgan fingerprint density at radius 1 is 1.09 bits per heavy atom. The molecule has 134 valence electrons. The maximum Gasteiger partial charge on any atom is 0.410 e. The number of carbonyl (C=O) groups is 1. The van der Waals surface area contributed by atoms with Crippen LogP contribution in [0.2, 0.25) is 0 Å². The number of ether oxygens (including phenoxy) is 2. The van der Waals surface area contributed by atoms with Gasteiger partial charge in [-0.05, 0) is 66.0 Å². The van der Waals surface area contributed by atoms with E-state index >= 15 is 0 Å². The van der Waals surface area contributed by atoms with Crippen LogP contribution >= 0.6 is 0 Å². The van der Waals surface area contributed by atoms with Crippen LogP contribution in [0.4, 0.5) is 4.79 Å². The second kappa shape index (κ2) is 7.84. The standard InChI is InChI=1S/C18H34N2O3/c1-5-18(22-15-14-19-10-6-7-11-19)8-12-20(13-9-18)16(21)23-17(2,3)4/h5-15H2,1-4H3. The van der Waals surface area contributed by atoms with Crippen LogP contribution in [0.3, 0.4) is 0 Å². The van der Waals surface area contributed by atoms with Gasteiger partial charge < -0.3 is 19.3 Å². The van der Waals surface area contributed by atoms with Gasteiger partial charge in [0, 0.05) is 19.6 Å². The highest BCUT2D eigenvalue weighted by atomic mass is 16.6. The summed E-state index contributed by atoms with van der Waals surface area (Å²) in [6.07, 6.45) is 5.27. The summed E-state index contributed by atoms with van der Waals surface area (Å²) in [6, 6.07) is 0. The van der Waals surface area contributed by atoms with Crippen LogP contribution in [0.5, 0.6) is 0 Å². The SMILES string of the molecule is CCC1(OCCN2CCCC2)CCN(C(=O)OC(C)(C)C)CC1. The van der Waals surface area contributed by atoms with Gasteiger partial charge in [0.05, 0.1) is 12.2 Å². The van der Waals surface area contributed by atoms with Crippen molar-refractivity contribution >= 4 is 6.09 Å². The predicted molar refractivity (Wildman–Crippen MR) is 91.7 cm³/mol. The number of carbonyl (C=O) groups excluding carboxylic acids is 1. The molecule has 0 aliphatic carbocycles. The van der Waals surface area contributed by atoms with Crippen molar-refractivity contribution in [3.05, 3.63) is 0 Å². The van der Waals surface area contributed by atoms with Crippen molar-refractivity contribution < 1.29 is 14.3 Å². The molecule has 5 heteroatoms. The number of nitrogens with zero attached hydrogens (tertiary/aromatic N) is 2. The number of hydrogen-bond donors (Lipinski definition) is 0. The molecule has 0 radical (unpaired) electrons. The van der Waals surface area contributed by atoms with Crippen LogP contribution < -0.4 is 0 Å². The minimum atomic E-state index is -0.428. The van der Waals surface area contributed by atoms with E-state index < -0.39 is 5.60 Å². The number of hydrogen-bond acceptors (Lipinski definition) is 4. The molecular weight excluding hydrogens is 292 g/mol. The Morgan fingerprint density at radius 2 is 1.70 bits per heavy atom. The number of amides is 1. The lowest BCUT2D eigenvalue weighted by atomic mass is 9.88. The highest BCUT2D eigenvalue weighted by molar-refractivity contribution is 5.68. The first-order chi connectivity index (χ1) is 10.8. The predicted octanol–water partition coefficient (Wildman–Crippen LogP) is 3.28. The van der Waals surface area contributed by atoms with Gasteiger partial charge in [0.25, 0.3) is 0 Å². The second-order valence-electron chi connectivity index (χ2n) is 7.90. The Labute approximate surface area is 141 Å². The summed E-state index contributed by atoms with van der Waals surface area (Å²) >= 11 is 0. The highest BCUT2D eigenvalue weighted by Gasteiger charge is 2.36. The molecule has 2 rings (SSSR count). The van der Waals surface area contributed by atoms with E-state index in [-0.39, 0.29) is 11.7 Å². The molecule has 1 amide bonds. The van der Waals surface area contributed by atoms with Gasteiger partial charge >= 0.3 is 6.09 Å². The van der Waals surface area contributed by atoms with E-state index in [1.807, 2.05) is 25.7 Å². The molecule has 2 heterocycles. The fraction of sp³-hybridized carbons (Fsp3) is 0.944. The lowest BCUT2D eigenvalue weighted by molar-refractivity contribution is -0.0900. The monoisotopic (exact) mass is 326 g/mol. The Bertz CT molecular complexity index is 378. The van der Waals surface area contributed by atoms with Crippen LogP contribution in [0.15, 0.2) is 0 Å². The molecule has 0 bridgehead atoms. The van der Waals surface area contributed by atoms with E-state index in [1.165, 1.54) is 25.9 Å². The molecule has 0 aromatic rings. The molecule has 2 saturated heterocycles. The molecule has 2 aliphatic heterocycles. The number of likely N-dealkylation sites (tertiary alicyclic amines) is 2. The van der Waals surface area contributed by atoms with Crippen molar-refractivity contribution in [2.45, 2.75) is 71.0 Å². The summed E-state index contributed by atoms with van der Waals surface area (Å²) in [5, 5.41) is 0. The molecule has 0 spiro atoms. The lowest BCUT2D eigenvalue weighted by Gasteiger charge is -2.41. The number of piperidine rings is 1. The summed E-state index contributed by atoms with van der Waals surface area (Å²) in [4.78, 5) is 16.5. The third-order valence-electron chi connectivity index (χ3n) is 4.99. The van der Waals surface area contributed by atoms with Gasteiger partial charge in [0.1, 0.15) is 5.60 Å². The van der Waals surface area contributed by atoms with Gasteiger partial charge in [0.2, 0.25) is 0 Å². The Morgan fingerprint density at radius 3 is 2.22 bits per heavy atom. The second-order valence-corrected chi connectivity index (χ2v) is 7.90. The molecule has 0 N–H and O–H groups in total. The molecule has 0 unspecified atom stereocenters. The lowest BCUT2D eigenvalue weighted by Crippen LogP contribution is -2.49. The molecule has 0 aromatic carbocycles. The zero-order valence-electron chi connectivity index (χ0n) is 15.4. The first-order valence-electron chi connectivity index (χ1n) is 9.18. The zero-order chi connectivity index (χ0) is 16.9. The first kappa shape index (κ1) is 18.5. The highest BCUT2D eigenvalue weighted by Crippen LogP contribution is 2.30. The van der Waals surface area contributed by atoms with Crippen LogP contribution in [0.1, 0.15) is 59.8 Å². The minimum Gasteiger partial charge on any atom is -0.444 e. The zero-order valence-corrected chi connectivity index (χ0v) is 15.4. The van der Waals surface area contributed by atoms with Gasteiger partial charge in [-0.2, -0.15) is 0 Å². The van der Waals surface area contributed by atoms with E-state index in [4.69, 9.17) is 9.47 Å². The smallest absolute Gasteiger partial charge is 0.410 e. The summed E-state index contributed by atoms with van der Waals surface area (Å²) in [5.41, 5.74) is -0.485. The van der Waals surface area contributed by atoms with Crippen molar-refractivity contribution in [2.75, 3.05) is 39.3 Å². The molecule has 0 atom stereocenters. The fourth-order valence-electron chi connectivity index (χ4n) is 3.42. The molecule has 2 aliphatic rings. The molecule has 0 aromatic heterocycles. The van der Waals surface area contributed by atoms with Gasteiger partial charge in [-0.1, -0.05) is 6.92 Å². The summed E-state index contributed by atoms with van der Waals surface area (Å²) in [6.45, 7) is 13.7. The molecule has 2 fully saturated rings. The maximum absolute atomic E-state index is 12.2. The van der Waals surface area contributed by atoms with E-state index in [0.29, 0.717) is 0 Å². The average molecular weight is 326 g/mol. The van der Waals surface area contributed by atoms with Crippen molar-refractivity contribution in [2.24, 2.45) is 0 Å². The minimum absolute atomic E-state index is 0.0573. The third-order valence-corrected chi connectivity index (χ3v) is 4.99. The van der Waals surface area contributed by atoms with Gasteiger partial charge in [-0.3, -0.25) is 0 Å². The summed E-state index contributed by atoms with van der Waals surface area (Å²) in [5.74, 6) is 0. The summed E-state index contributed by atoms with van der Waals surface area (Å²) in [7, 11) is 0. The largest absolute Gasteiger partial charge is 0.444 e. The number of rotatable bonds is 5. The summed E-state index contributed by atoms with van der Waals surface area (Å²) < 4.78 is 11.8. The van der Waals surface area contributed by atoms with Crippen LogP contribution in [-0.2, 0) is 9.47 Å². The van der Waals surface area contributed by atoms with Gasteiger partial charge in [0.15, 0.2) is 0 Å². The first-order valence-corrected chi connectivity index (χ1v) is 9.18. The molecule has 23 heavy (non-hydrogen) atoms. The quantitative estimate of drug-likeness (QED) is 0.777. The van der Waals surface area contributed by atoms with Crippen molar-refractivity contribution in [1.29, 1.82) is 0 Å². The van der Waals surface area contributed by atoms with Gasteiger partial charge in [-0.15, -0.1) is 0 Å². The van der Waals surface area contributed by atoms with Crippen molar-refractivity contribution in [1.82, 2.24) is 9.80 Å². The molecule has 0 saturated carbocycles. The van der Waals surface area contributed by atoms with Crippen LogP contribution in [0.25, 0.3) is 0 Å². The average Bonchev–Trinajstić information content (AvgIpc) is 2.99. The van der Waals surface area contributed by atoms with E-state index in [0.717, 1.165) is 45.5 Å². The molecular formula is C18H34N2O3. The molecule has 5 nitrogen and oxygen atoms in total.